The molecule has 0 aliphatic carbocycles. The number of aromatic nitrogens is 2. The number of nitrogens with one attached hydrogen (secondary N) is 1. The van der Waals surface area contributed by atoms with Gasteiger partial charge < -0.3 is 10.2 Å². The second kappa shape index (κ2) is 8.52. The van der Waals surface area contributed by atoms with Crippen molar-refractivity contribution in [2.24, 2.45) is 0 Å². The standard InChI is InChI=1S/C24H25N5O/c1-17-3-7-19(8-4-17)23-15-22(24(30)28(2)20-11-13-26-14-12-20)27-29(23)21-9-5-18(16-25)6-10-21/h3-10,15,20,26H,11-14H2,1-2H3. The molecule has 2 heterocycles. The first-order valence-electron chi connectivity index (χ1n) is 10.2. The van der Waals surface area contributed by atoms with Crippen LogP contribution in [0.4, 0.5) is 0 Å². The Morgan fingerprint density at radius 1 is 1.13 bits per heavy atom. The molecule has 30 heavy (non-hydrogen) atoms. The van der Waals surface area contributed by atoms with Crippen LogP contribution in [-0.2, 0) is 0 Å². The van der Waals surface area contributed by atoms with Gasteiger partial charge in [-0.15, -0.1) is 0 Å². The number of rotatable bonds is 4. The summed E-state index contributed by atoms with van der Waals surface area (Å²) in [5.41, 5.74) is 4.83. The lowest BCUT2D eigenvalue weighted by atomic mass is 10.0. The van der Waals surface area contributed by atoms with Crippen molar-refractivity contribution < 1.29 is 4.79 Å². The lowest BCUT2D eigenvalue weighted by Gasteiger charge is -2.31. The third-order valence-electron chi connectivity index (χ3n) is 5.69. The maximum atomic E-state index is 13.2. The maximum absolute atomic E-state index is 13.2. The monoisotopic (exact) mass is 399 g/mol. The molecule has 0 saturated carbocycles. The summed E-state index contributed by atoms with van der Waals surface area (Å²) >= 11 is 0. The molecule has 152 valence electrons. The van der Waals surface area contributed by atoms with Gasteiger partial charge in [-0.1, -0.05) is 29.8 Å². The van der Waals surface area contributed by atoms with E-state index in [0.717, 1.165) is 42.9 Å². The Labute approximate surface area is 176 Å². The summed E-state index contributed by atoms with van der Waals surface area (Å²) in [6.45, 7) is 3.90. The molecule has 1 aliphatic rings. The molecule has 0 unspecified atom stereocenters. The molecule has 1 amide bonds. The van der Waals surface area contributed by atoms with E-state index in [2.05, 4.69) is 16.5 Å². The highest BCUT2D eigenvalue weighted by Gasteiger charge is 2.26. The van der Waals surface area contributed by atoms with Gasteiger partial charge in [0.2, 0.25) is 0 Å². The van der Waals surface area contributed by atoms with Crippen molar-refractivity contribution in [2.45, 2.75) is 25.8 Å². The van der Waals surface area contributed by atoms with E-state index >= 15 is 0 Å². The van der Waals surface area contributed by atoms with Gasteiger partial charge in [-0.2, -0.15) is 10.4 Å². The normalized spacial score (nSPS) is 14.3. The second-order valence-electron chi connectivity index (χ2n) is 7.75. The summed E-state index contributed by atoms with van der Waals surface area (Å²) in [4.78, 5) is 15.0. The van der Waals surface area contributed by atoms with Crippen molar-refractivity contribution >= 4 is 5.91 Å². The van der Waals surface area contributed by atoms with E-state index in [0.29, 0.717) is 11.3 Å². The Balaban J connectivity index is 1.74. The van der Waals surface area contributed by atoms with E-state index in [1.807, 2.05) is 61.3 Å². The van der Waals surface area contributed by atoms with Gasteiger partial charge in [0.1, 0.15) is 0 Å². The van der Waals surface area contributed by atoms with Gasteiger partial charge in [0.05, 0.1) is 23.0 Å². The van der Waals surface area contributed by atoms with Crippen LogP contribution in [0, 0.1) is 18.3 Å². The lowest BCUT2D eigenvalue weighted by molar-refractivity contribution is 0.0697. The average Bonchev–Trinajstić information content (AvgIpc) is 3.24. The van der Waals surface area contributed by atoms with Gasteiger partial charge in [0.15, 0.2) is 5.69 Å². The molecule has 0 atom stereocenters. The maximum Gasteiger partial charge on any atom is 0.274 e. The number of nitrogens with zero attached hydrogens (tertiary/aromatic N) is 4. The van der Waals surface area contributed by atoms with Crippen LogP contribution < -0.4 is 5.32 Å². The van der Waals surface area contributed by atoms with Crippen molar-refractivity contribution in [1.82, 2.24) is 20.0 Å². The van der Waals surface area contributed by atoms with Crippen molar-refractivity contribution in [3.8, 4) is 23.0 Å². The third-order valence-corrected chi connectivity index (χ3v) is 5.69. The smallest absolute Gasteiger partial charge is 0.274 e. The molecule has 0 bridgehead atoms. The van der Waals surface area contributed by atoms with Gasteiger partial charge in [0.25, 0.3) is 5.91 Å². The van der Waals surface area contributed by atoms with E-state index in [4.69, 9.17) is 5.26 Å². The number of carbonyl (C=O) groups excluding carboxylic acids is 1. The third kappa shape index (κ3) is 3.98. The molecule has 1 aromatic heterocycles. The number of hydrogen-bond acceptors (Lipinski definition) is 4. The summed E-state index contributed by atoms with van der Waals surface area (Å²) in [5.74, 6) is -0.0670. The predicted octanol–water partition coefficient (Wildman–Crippen LogP) is 3.54. The van der Waals surface area contributed by atoms with Gasteiger partial charge in [-0.25, -0.2) is 4.68 Å². The molecule has 1 saturated heterocycles. The number of nitriles is 1. The molecule has 1 aliphatic heterocycles. The first-order chi connectivity index (χ1) is 14.6. The summed E-state index contributed by atoms with van der Waals surface area (Å²) in [5, 5.41) is 17.1. The van der Waals surface area contributed by atoms with E-state index in [1.165, 1.54) is 5.56 Å². The van der Waals surface area contributed by atoms with E-state index in [1.54, 1.807) is 16.8 Å². The summed E-state index contributed by atoms with van der Waals surface area (Å²) in [6, 6.07) is 19.6. The molecule has 0 radical (unpaired) electrons. The van der Waals surface area contributed by atoms with Gasteiger partial charge in [0, 0.05) is 18.7 Å². The topological polar surface area (TPSA) is 74.0 Å². The number of amides is 1. The number of benzene rings is 2. The molecule has 1 fully saturated rings. The highest BCUT2D eigenvalue weighted by atomic mass is 16.2. The van der Waals surface area contributed by atoms with Gasteiger partial charge in [-0.05, 0) is 63.2 Å². The second-order valence-corrected chi connectivity index (χ2v) is 7.75. The van der Waals surface area contributed by atoms with Crippen molar-refractivity contribution in [2.75, 3.05) is 20.1 Å². The average molecular weight is 399 g/mol. The van der Waals surface area contributed by atoms with Crippen LogP contribution in [0.1, 0.15) is 34.5 Å². The fourth-order valence-electron chi connectivity index (χ4n) is 3.83. The zero-order chi connectivity index (χ0) is 21.1. The summed E-state index contributed by atoms with van der Waals surface area (Å²) in [6.07, 6.45) is 1.90. The zero-order valence-corrected chi connectivity index (χ0v) is 17.3. The largest absolute Gasteiger partial charge is 0.337 e. The van der Waals surface area contributed by atoms with Crippen LogP contribution >= 0.6 is 0 Å². The predicted molar refractivity (Wildman–Crippen MR) is 116 cm³/mol. The molecule has 2 aromatic carbocycles. The van der Waals surface area contributed by atoms with Crippen LogP contribution in [0.3, 0.4) is 0 Å². The minimum absolute atomic E-state index is 0.0670. The highest BCUT2D eigenvalue weighted by Crippen LogP contribution is 2.26. The SMILES string of the molecule is Cc1ccc(-c2cc(C(=O)N(C)C3CCNCC3)nn2-c2ccc(C#N)cc2)cc1. The number of piperidine rings is 1. The first-order valence-corrected chi connectivity index (χ1v) is 10.2. The van der Waals surface area contributed by atoms with Crippen molar-refractivity contribution in [3.05, 3.63) is 71.4 Å². The zero-order valence-electron chi connectivity index (χ0n) is 17.3. The summed E-state index contributed by atoms with van der Waals surface area (Å²) < 4.78 is 1.79. The number of hydrogen-bond donors (Lipinski definition) is 1. The molecule has 0 spiro atoms. The summed E-state index contributed by atoms with van der Waals surface area (Å²) in [7, 11) is 1.87. The minimum atomic E-state index is -0.0670. The molecule has 6 nitrogen and oxygen atoms in total. The molecular formula is C24H25N5O. The van der Waals surface area contributed by atoms with Gasteiger partial charge >= 0.3 is 0 Å². The molecule has 6 heteroatoms. The molecule has 1 N–H and O–H groups in total. The van der Waals surface area contributed by atoms with Gasteiger partial charge in [-0.3, -0.25) is 4.79 Å². The van der Waals surface area contributed by atoms with Crippen molar-refractivity contribution in [3.63, 3.8) is 0 Å². The van der Waals surface area contributed by atoms with Crippen LogP contribution in [-0.4, -0.2) is 46.8 Å². The van der Waals surface area contributed by atoms with Crippen molar-refractivity contribution in [1.29, 1.82) is 5.26 Å². The lowest BCUT2D eigenvalue weighted by Crippen LogP contribution is -2.44. The quantitative estimate of drug-likeness (QED) is 0.728. The minimum Gasteiger partial charge on any atom is -0.337 e. The van der Waals surface area contributed by atoms with E-state index < -0.39 is 0 Å². The molecule has 4 rings (SSSR count). The Morgan fingerprint density at radius 2 is 1.80 bits per heavy atom. The van der Waals surface area contributed by atoms with E-state index in [9.17, 15) is 4.79 Å². The Bertz CT molecular complexity index is 1070. The van der Waals surface area contributed by atoms with Crippen LogP contribution in [0.2, 0.25) is 0 Å². The highest BCUT2D eigenvalue weighted by molar-refractivity contribution is 5.93. The fourth-order valence-corrected chi connectivity index (χ4v) is 3.83. The van der Waals surface area contributed by atoms with E-state index in [-0.39, 0.29) is 11.9 Å². The Morgan fingerprint density at radius 3 is 2.43 bits per heavy atom. The fraction of sp³-hybridized carbons (Fsp3) is 0.292. The Kier molecular flexibility index (Phi) is 5.64. The first kappa shape index (κ1) is 19.9. The molecular weight excluding hydrogens is 374 g/mol. The number of aryl methyl sites for hydroxylation is 1. The van der Waals surface area contributed by atoms with Crippen LogP contribution in [0.25, 0.3) is 16.9 Å². The Hall–Kier alpha value is -3.43. The van der Waals surface area contributed by atoms with Crippen LogP contribution in [0.15, 0.2) is 54.6 Å². The number of carbonyl (C=O) groups is 1. The molecule has 3 aromatic rings. The van der Waals surface area contributed by atoms with Crippen LogP contribution in [0.5, 0.6) is 0 Å².